The Morgan fingerprint density at radius 3 is 2.74 bits per heavy atom. The van der Waals surface area contributed by atoms with Crippen LogP contribution < -0.4 is 5.32 Å². The van der Waals surface area contributed by atoms with Crippen LogP contribution in [0.1, 0.15) is 24.2 Å². The summed E-state index contributed by atoms with van der Waals surface area (Å²) in [4.78, 5) is 13.8. The minimum Gasteiger partial charge on any atom is -0.370 e. The van der Waals surface area contributed by atoms with Crippen molar-refractivity contribution in [2.75, 3.05) is 26.2 Å². The summed E-state index contributed by atoms with van der Waals surface area (Å²) in [5.74, 6) is -0.344. The Balaban J connectivity index is 1.98. The summed E-state index contributed by atoms with van der Waals surface area (Å²) in [6.07, 6.45) is -4.57. The van der Waals surface area contributed by atoms with Gasteiger partial charge in [-0.25, -0.2) is 0 Å². The number of benzene rings is 1. The summed E-state index contributed by atoms with van der Waals surface area (Å²) >= 11 is 0. The van der Waals surface area contributed by atoms with Gasteiger partial charge in [0.1, 0.15) is 6.10 Å². The zero-order chi connectivity index (χ0) is 17.0. The van der Waals surface area contributed by atoms with Gasteiger partial charge in [0.2, 0.25) is 5.91 Å². The molecule has 128 valence electrons. The van der Waals surface area contributed by atoms with Gasteiger partial charge in [-0.2, -0.15) is 13.2 Å². The Bertz CT molecular complexity index is 548. The van der Waals surface area contributed by atoms with Crippen molar-refractivity contribution in [3.05, 3.63) is 35.4 Å². The van der Waals surface area contributed by atoms with E-state index < -0.39 is 12.7 Å². The maximum atomic E-state index is 12.2. The molecule has 0 spiro atoms. The van der Waals surface area contributed by atoms with Gasteiger partial charge in [0.15, 0.2) is 0 Å². The quantitative estimate of drug-likeness (QED) is 0.922. The van der Waals surface area contributed by atoms with Crippen LogP contribution in [0.5, 0.6) is 0 Å². The van der Waals surface area contributed by atoms with Crippen molar-refractivity contribution in [2.45, 2.75) is 32.2 Å². The first-order chi connectivity index (χ1) is 10.8. The molecule has 4 nitrogen and oxygen atoms in total. The molecule has 1 aliphatic heterocycles. The van der Waals surface area contributed by atoms with E-state index in [2.05, 4.69) is 5.32 Å². The number of halogens is 3. The third-order valence-electron chi connectivity index (χ3n) is 3.89. The van der Waals surface area contributed by atoms with Gasteiger partial charge in [-0.1, -0.05) is 24.3 Å². The molecule has 1 aromatic carbocycles. The molecule has 0 aromatic heterocycles. The number of aryl methyl sites for hydroxylation is 1. The van der Waals surface area contributed by atoms with Crippen LogP contribution in [-0.2, 0) is 9.53 Å². The fourth-order valence-corrected chi connectivity index (χ4v) is 2.65. The number of carbonyl (C=O) groups excluding carboxylic acids is 1. The Hall–Kier alpha value is -1.60. The molecule has 23 heavy (non-hydrogen) atoms. The van der Waals surface area contributed by atoms with Crippen molar-refractivity contribution in [1.29, 1.82) is 0 Å². The smallest absolute Gasteiger partial charge is 0.370 e. The van der Waals surface area contributed by atoms with E-state index in [0.717, 1.165) is 11.1 Å². The minimum absolute atomic E-state index is 0.157. The molecule has 1 amide bonds. The molecule has 1 fully saturated rings. The normalized spacial score (nSPS) is 22.2. The average Bonchev–Trinajstić information content (AvgIpc) is 2.47. The SMILES string of the molecule is Cc1ccccc1C1CN(C(=O)CNCC(F)(F)F)C(C)CO1. The van der Waals surface area contributed by atoms with Gasteiger partial charge >= 0.3 is 6.18 Å². The third-order valence-corrected chi connectivity index (χ3v) is 3.89. The second-order valence-electron chi connectivity index (χ2n) is 5.79. The molecule has 2 atom stereocenters. The van der Waals surface area contributed by atoms with Gasteiger partial charge < -0.3 is 15.0 Å². The molecule has 1 N–H and O–H groups in total. The van der Waals surface area contributed by atoms with Gasteiger partial charge in [-0.05, 0) is 25.0 Å². The van der Waals surface area contributed by atoms with E-state index in [1.165, 1.54) is 0 Å². The lowest BCUT2D eigenvalue weighted by Gasteiger charge is -2.38. The largest absolute Gasteiger partial charge is 0.401 e. The molecular weight excluding hydrogens is 309 g/mol. The summed E-state index contributed by atoms with van der Waals surface area (Å²) in [7, 11) is 0. The van der Waals surface area contributed by atoms with Crippen LogP contribution in [0.15, 0.2) is 24.3 Å². The number of hydrogen-bond donors (Lipinski definition) is 1. The zero-order valence-electron chi connectivity index (χ0n) is 13.2. The van der Waals surface area contributed by atoms with Crippen molar-refractivity contribution in [2.24, 2.45) is 0 Å². The van der Waals surface area contributed by atoms with Crippen LogP contribution in [-0.4, -0.2) is 49.3 Å². The highest BCUT2D eigenvalue weighted by atomic mass is 19.4. The van der Waals surface area contributed by atoms with Crippen molar-refractivity contribution in [1.82, 2.24) is 10.2 Å². The first kappa shape index (κ1) is 17.7. The fourth-order valence-electron chi connectivity index (χ4n) is 2.65. The molecule has 0 bridgehead atoms. The Labute approximate surface area is 133 Å². The standard InChI is InChI=1S/C16H21F3N2O2/c1-11-5-3-4-6-13(11)14-8-21(12(2)9-23-14)15(22)7-20-10-16(17,18)19/h3-6,12,14,20H,7-10H2,1-2H3. The Morgan fingerprint density at radius 2 is 2.09 bits per heavy atom. The van der Waals surface area contributed by atoms with E-state index in [-0.39, 0.29) is 24.6 Å². The third kappa shape index (κ3) is 4.94. The van der Waals surface area contributed by atoms with Crippen molar-refractivity contribution in [3.63, 3.8) is 0 Å². The topological polar surface area (TPSA) is 41.6 Å². The van der Waals surface area contributed by atoms with E-state index in [4.69, 9.17) is 4.74 Å². The van der Waals surface area contributed by atoms with Crippen molar-refractivity contribution in [3.8, 4) is 0 Å². The molecular formula is C16H21F3N2O2. The highest BCUT2D eigenvalue weighted by Crippen LogP contribution is 2.27. The van der Waals surface area contributed by atoms with Crippen molar-refractivity contribution < 1.29 is 22.7 Å². The number of alkyl halides is 3. The monoisotopic (exact) mass is 330 g/mol. The number of carbonyl (C=O) groups is 1. The molecule has 2 rings (SSSR count). The number of hydrogen-bond acceptors (Lipinski definition) is 3. The molecule has 7 heteroatoms. The molecule has 1 heterocycles. The van der Waals surface area contributed by atoms with Gasteiger partial charge in [0, 0.05) is 0 Å². The maximum absolute atomic E-state index is 12.2. The molecule has 0 radical (unpaired) electrons. The molecule has 2 unspecified atom stereocenters. The summed E-state index contributed by atoms with van der Waals surface area (Å²) in [5.41, 5.74) is 2.06. The molecule has 0 aliphatic carbocycles. The van der Waals surface area contributed by atoms with Gasteiger partial charge in [0.05, 0.1) is 32.3 Å². The summed E-state index contributed by atoms with van der Waals surface area (Å²) in [6.45, 7) is 3.01. The second-order valence-corrected chi connectivity index (χ2v) is 5.79. The van der Waals surface area contributed by atoms with E-state index in [9.17, 15) is 18.0 Å². The number of ether oxygens (including phenoxy) is 1. The molecule has 0 saturated carbocycles. The van der Waals surface area contributed by atoms with Crippen LogP contribution in [0.25, 0.3) is 0 Å². The van der Waals surface area contributed by atoms with Crippen LogP contribution in [0.4, 0.5) is 13.2 Å². The first-order valence-electron chi connectivity index (χ1n) is 7.52. The molecule has 1 aromatic rings. The summed E-state index contributed by atoms with van der Waals surface area (Å²) in [5, 5.41) is 2.15. The molecule has 1 saturated heterocycles. The predicted octanol–water partition coefficient (Wildman–Crippen LogP) is 2.44. The average molecular weight is 330 g/mol. The van der Waals surface area contributed by atoms with Crippen LogP contribution in [0, 0.1) is 6.92 Å². The summed E-state index contributed by atoms with van der Waals surface area (Å²) in [6, 6.07) is 7.58. The molecule has 1 aliphatic rings. The lowest BCUT2D eigenvalue weighted by molar-refractivity contribution is -0.145. The Kier molecular flexibility index (Phi) is 5.64. The number of amides is 1. The van der Waals surface area contributed by atoms with Crippen LogP contribution in [0.3, 0.4) is 0 Å². The van der Waals surface area contributed by atoms with E-state index in [1.807, 2.05) is 38.1 Å². The number of nitrogens with one attached hydrogen (secondary N) is 1. The zero-order valence-corrected chi connectivity index (χ0v) is 13.2. The lowest BCUT2D eigenvalue weighted by atomic mass is 10.0. The maximum Gasteiger partial charge on any atom is 0.401 e. The number of morpholine rings is 1. The minimum atomic E-state index is -4.32. The van der Waals surface area contributed by atoms with Gasteiger partial charge in [-0.3, -0.25) is 4.79 Å². The number of rotatable bonds is 4. The Morgan fingerprint density at radius 1 is 1.39 bits per heavy atom. The summed E-state index contributed by atoms with van der Waals surface area (Å²) < 4.78 is 42.2. The van der Waals surface area contributed by atoms with Gasteiger partial charge in [0.25, 0.3) is 0 Å². The number of nitrogens with zero attached hydrogens (tertiary/aromatic N) is 1. The van der Waals surface area contributed by atoms with E-state index in [0.29, 0.717) is 13.2 Å². The highest BCUT2D eigenvalue weighted by Gasteiger charge is 2.32. The first-order valence-corrected chi connectivity index (χ1v) is 7.52. The second kappa shape index (κ2) is 7.31. The van der Waals surface area contributed by atoms with E-state index >= 15 is 0 Å². The van der Waals surface area contributed by atoms with Gasteiger partial charge in [-0.15, -0.1) is 0 Å². The fraction of sp³-hybridized carbons (Fsp3) is 0.562. The van der Waals surface area contributed by atoms with E-state index in [1.54, 1.807) is 4.90 Å². The highest BCUT2D eigenvalue weighted by molar-refractivity contribution is 5.78. The van der Waals surface area contributed by atoms with Crippen LogP contribution >= 0.6 is 0 Å². The van der Waals surface area contributed by atoms with Crippen molar-refractivity contribution >= 4 is 5.91 Å². The van der Waals surface area contributed by atoms with Crippen LogP contribution in [0.2, 0.25) is 0 Å². The lowest BCUT2D eigenvalue weighted by Crippen LogP contribution is -2.51. The predicted molar refractivity (Wildman–Crippen MR) is 80.0 cm³/mol.